The van der Waals surface area contributed by atoms with Gasteiger partial charge in [0.2, 0.25) is 0 Å². The molecule has 1 saturated carbocycles. The van der Waals surface area contributed by atoms with Gasteiger partial charge in [0.25, 0.3) is 0 Å². The molecule has 0 aliphatic heterocycles. The molecule has 1 aliphatic rings. The van der Waals surface area contributed by atoms with Crippen molar-refractivity contribution in [3.63, 3.8) is 0 Å². The second kappa shape index (κ2) is 6.47. The van der Waals surface area contributed by atoms with Gasteiger partial charge in [-0.15, -0.1) is 0 Å². The number of hydrogen-bond donors (Lipinski definition) is 0. The zero-order chi connectivity index (χ0) is 14.4. The highest BCUT2D eigenvalue weighted by atomic mass is 16.5. The van der Waals surface area contributed by atoms with Gasteiger partial charge in [0.15, 0.2) is 11.5 Å². The maximum absolute atomic E-state index is 9.46. The Bertz CT molecular complexity index is 522. The van der Waals surface area contributed by atoms with Crippen LogP contribution in [-0.4, -0.2) is 14.2 Å². The summed E-state index contributed by atoms with van der Waals surface area (Å²) in [5.74, 6) is 1.43. The zero-order valence-corrected chi connectivity index (χ0v) is 12.2. The van der Waals surface area contributed by atoms with Gasteiger partial charge in [0, 0.05) is 0 Å². The second-order valence-corrected chi connectivity index (χ2v) is 5.28. The van der Waals surface area contributed by atoms with E-state index in [0.717, 1.165) is 37.0 Å². The van der Waals surface area contributed by atoms with E-state index in [2.05, 4.69) is 12.1 Å². The standard InChI is InChI=1S/C17H21NO2/c1-19-15-7-6-14(12-16(15)20-2)8-11-17(13-18)9-4-3-5-10-17/h6-8,11-12H,3-5,9-10H2,1-2H3/b11-8+. The summed E-state index contributed by atoms with van der Waals surface area (Å²) in [5.41, 5.74) is 0.744. The van der Waals surface area contributed by atoms with Crippen LogP contribution in [-0.2, 0) is 0 Å². The van der Waals surface area contributed by atoms with Crippen molar-refractivity contribution in [3.8, 4) is 17.6 Å². The average Bonchev–Trinajstić information content (AvgIpc) is 2.53. The van der Waals surface area contributed by atoms with E-state index < -0.39 is 0 Å². The van der Waals surface area contributed by atoms with Crippen molar-refractivity contribution in [3.05, 3.63) is 29.8 Å². The lowest BCUT2D eigenvalue weighted by molar-refractivity contribution is 0.337. The molecule has 0 aromatic heterocycles. The summed E-state index contributed by atoms with van der Waals surface area (Å²) in [6.45, 7) is 0. The Hall–Kier alpha value is -1.95. The predicted molar refractivity (Wildman–Crippen MR) is 79.7 cm³/mol. The van der Waals surface area contributed by atoms with E-state index in [9.17, 15) is 5.26 Å². The highest BCUT2D eigenvalue weighted by molar-refractivity contribution is 5.57. The molecule has 1 aliphatic carbocycles. The van der Waals surface area contributed by atoms with E-state index in [4.69, 9.17) is 9.47 Å². The summed E-state index contributed by atoms with van der Waals surface area (Å²) in [5, 5.41) is 9.46. The minimum atomic E-state index is -0.286. The minimum Gasteiger partial charge on any atom is -0.493 e. The molecule has 0 radical (unpaired) electrons. The maximum Gasteiger partial charge on any atom is 0.161 e. The molecule has 0 saturated heterocycles. The van der Waals surface area contributed by atoms with E-state index in [1.165, 1.54) is 6.42 Å². The molecule has 0 heterocycles. The summed E-state index contributed by atoms with van der Waals surface area (Å²) in [7, 11) is 3.25. The SMILES string of the molecule is COc1ccc(/C=C/C2(C#N)CCCCC2)cc1OC. The number of rotatable bonds is 4. The van der Waals surface area contributed by atoms with Crippen molar-refractivity contribution in [2.24, 2.45) is 5.41 Å². The number of nitrogens with zero attached hydrogens (tertiary/aromatic N) is 1. The van der Waals surface area contributed by atoms with Crippen LogP contribution in [0.1, 0.15) is 37.7 Å². The molecule has 0 unspecified atom stereocenters. The lowest BCUT2D eigenvalue weighted by atomic mass is 9.75. The normalized spacial score (nSPS) is 17.6. The Kier molecular flexibility index (Phi) is 4.68. The summed E-state index contributed by atoms with van der Waals surface area (Å²) >= 11 is 0. The molecule has 0 spiro atoms. The quantitative estimate of drug-likeness (QED) is 0.824. The summed E-state index contributed by atoms with van der Waals surface area (Å²) in [4.78, 5) is 0. The van der Waals surface area contributed by atoms with Crippen LogP contribution >= 0.6 is 0 Å². The Balaban J connectivity index is 2.20. The minimum absolute atomic E-state index is 0.286. The molecule has 1 fully saturated rings. The second-order valence-electron chi connectivity index (χ2n) is 5.28. The number of methoxy groups -OCH3 is 2. The van der Waals surface area contributed by atoms with Crippen LogP contribution in [0.2, 0.25) is 0 Å². The van der Waals surface area contributed by atoms with Crippen molar-refractivity contribution in [2.45, 2.75) is 32.1 Å². The van der Waals surface area contributed by atoms with Gasteiger partial charge in [-0.1, -0.05) is 37.5 Å². The van der Waals surface area contributed by atoms with Gasteiger partial charge in [0.05, 0.1) is 25.7 Å². The molecule has 0 amide bonds. The van der Waals surface area contributed by atoms with Crippen LogP contribution in [0, 0.1) is 16.7 Å². The average molecular weight is 271 g/mol. The number of nitriles is 1. The van der Waals surface area contributed by atoms with Crippen molar-refractivity contribution in [1.29, 1.82) is 5.26 Å². The fourth-order valence-electron chi connectivity index (χ4n) is 2.71. The van der Waals surface area contributed by atoms with Gasteiger partial charge in [-0.2, -0.15) is 5.26 Å². The first-order valence-corrected chi connectivity index (χ1v) is 7.05. The number of allylic oxidation sites excluding steroid dienone is 1. The van der Waals surface area contributed by atoms with Crippen molar-refractivity contribution in [1.82, 2.24) is 0 Å². The third kappa shape index (κ3) is 3.14. The van der Waals surface area contributed by atoms with Crippen LogP contribution in [0.5, 0.6) is 11.5 Å². The molecule has 0 atom stereocenters. The lowest BCUT2D eigenvalue weighted by Crippen LogP contribution is -2.18. The maximum atomic E-state index is 9.46. The van der Waals surface area contributed by atoms with Gasteiger partial charge in [-0.3, -0.25) is 0 Å². The van der Waals surface area contributed by atoms with Crippen LogP contribution in [0.25, 0.3) is 6.08 Å². The third-order valence-corrected chi connectivity index (χ3v) is 3.97. The molecule has 1 aromatic carbocycles. The molecule has 3 nitrogen and oxygen atoms in total. The Morgan fingerprint density at radius 1 is 1.10 bits per heavy atom. The van der Waals surface area contributed by atoms with Crippen LogP contribution in [0.3, 0.4) is 0 Å². The largest absolute Gasteiger partial charge is 0.493 e. The van der Waals surface area contributed by atoms with Crippen LogP contribution in [0.15, 0.2) is 24.3 Å². The molecule has 1 aromatic rings. The smallest absolute Gasteiger partial charge is 0.161 e. The van der Waals surface area contributed by atoms with E-state index in [-0.39, 0.29) is 5.41 Å². The topological polar surface area (TPSA) is 42.2 Å². The van der Waals surface area contributed by atoms with Crippen LogP contribution < -0.4 is 9.47 Å². The summed E-state index contributed by atoms with van der Waals surface area (Å²) < 4.78 is 10.5. The third-order valence-electron chi connectivity index (χ3n) is 3.97. The lowest BCUT2D eigenvalue weighted by Gasteiger charge is -2.27. The van der Waals surface area contributed by atoms with Crippen molar-refractivity contribution in [2.75, 3.05) is 14.2 Å². The molecule has 2 rings (SSSR count). The first kappa shape index (κ1) is 14.5. The number of ether oxygens (including phenoxy) is 2. The van der Waals surface area contributed by atoms with E-state index in [1.807, 2.05) is 24.3 Å². The van der Waals surface area contributed by atoms with Gasteiger partial charge in [-0.05, 0) is 30.5 Å². The fourth-order valence-corrected chi connectivity index (χ4v) is 2.71. The Morgan fingerprint density at radius 2 is 1.80 bits per heavy atom. The van der Waals surface area contributed by atoms with E-state index in [0.29, 0.717) is 5.75 Å². The molecule has 0 bridgehead atoms. The van der Waals surface area contributed by atoms with Crippen LogP contribution in [0.4, 0.5) is 0 Å². The van der Waals surface area contributed by atoms with Gasteiger partial charge in [-0.25, -0.2) is 0 Å². The van der Waals surface area contributed by atoms with E-state index >= 15 is 0 Å². The first-order chi connectivity index (χ1) is 9.73. The number of hydrogen-bond acceptors (Lipinski definition) is 3. The Labute approximate surface area is 120 Å². The molecule has 106 valence electrons. The molecular formula is C17H21NO2. The molecular weight excluding hydrogens is 250 g/mol. The fraction of sp³-hybridized carbons (Fsp3) is 0.471. The van der Waals surface area contributed by atoms with Crippen molar-refractivity contribution < 1.29 is 9.47 Å². The Morgan fingerprint density at radius 3 is 2.40 bits per heavy atom. The van der Waals surface area contributed by atoms with Crippen molar-refractivity contribution >= 4 is 6.08 Å². The number of benzene rings is 1. The van der Waals surface area contributed by atoms with Gasteiger partial charge in [0.1, 0.15) is 0 Å². The van der Waals surface area contributed by atoms with Gasteiger partial charge >= 0.3 is 0 Å². The van der Waals surface area contributed by atoms with Gasteiger partial charge < -0.3 is 9.47 Å². The highest BCUT2D eigenvalue weighted by Crippen LogP contribution is 2.37. The summed E-state index contributed by atoms with van der Waals surface area (Å²) in [6, 6.07) is 8.30. The summed E-state index contributed by atoms with van der Waals surface area (Å²) in [6.07, 6.45) is 9.55. The monoisotopic (exact) mass is 271 g/mol. The first-order valence-electron chi connectivity index (χ1n) is 7.05. The molecule has 0 N–H and O–H groups in total. The molecule has 20 heavy (non-hydrogen) atoms. The predicted octanol–water partition coefficient (Wildman–Crippen LogP) is 4.19. The highest BCUT2D eigenvalue weighted by Gasteiger charge is 2.28. The zero-order valence-electron chi connectivity index (χ0n) is 12.2. The molecule has 3 heteroatoms. The van der Waals surface area contributed by atoms with E-state index in [1.54, 1.807) is 14.2 Å².